The number of ether oxygens (including phenoxy) is 2. The van der Waals surface area contributed by atoms with Gasteiger partial charge in [-0.3, -0.25) is 0 Å². The maximum atomic E-state index is 12.3. The zero-order valence-electron chi connectivity index (χ0n) is 11.1. The minimum Gasteiger partial charge on any atom is -0.438 e. The smallest absolute Gasteiger partial charge is 0.303 e. The highest BCUT2D eigenvalue weighted by atomic mass is 35.5. The van der Waals surface area contributed by atoms with Gasteiger partial charge >= 0.3 is 6.41 Å². The van der Waals surface area contributed by atoms with Crippen molar-refractivity contribution >= 4 is 33.0 Å². The van der Waals surface area contributed by atoms with Crippen LogP contribution >= 0.6 is 23.2 Å². The third-order valence-electron chi connectivity index (χ3n) is 2.99. The van der Waals surface area contributed by atoms with E-state index in [1.807, 2.05) is 0 Å². The average molecular weight is 360 g/mol. The predicted octanol–water partition coefficient (Wildman–Crippen LogP) is 3.07. The molecule has 116 valence electrons. The molecule has 0 aromatic heterocycles. The molecule has 0 bridgehead atoms. The number of rotatable bonds is 4. The van der Waals surface area contributed by atoms with Crippen molar-refractivity contribution in [2.24, 2.45) is 0 Å². The van der Waals surface area contributed by atoms with Gasteiger partial charge in [-0.2, -0.15) is 0 Å². The molecule has 1 N–H and O–H groups in total. The Kier molecular flexibility index (Phi) is 4.18. The van der Waals surface area contributed by atoms with Crippen molar-refractivity contribution in [3.05, 3.63) is 52.5 Å². The number of fused-ring (bicyclic) bond motifs is 1. The van der Waals surface area contributed by atoms with Crippen LogP contribution in [-0.4, -0.2) is 20.7 Å². The summed E-state index contributed by atoms with van der Waals surface area (Å²) in [4.78, 5) is 0.00146. The lowest BCUT2D eigenvalue weighted by Gasteiger charge is -2.13. The normalized spacial score (nSPS) is 14.3. The third-order valence-corrected chi connectivity index (χ3v) is 5.22. The molecular weight excluding hydrogens is 349 g/mol. The van der Waals surface area contributed by atoms with Crippen LogP contribution in [-0.2, 0) is 9.84 Å². The van der Waals surface area contributed by atoms with E-state index < -0.39 is 16.3 Å². The molecule has 2 aromatic carbocycles. The van der Waals surface area contributed by atoms with Gasteiger partial charge in [0, 0.05) is 5.02 Å². The summed E-state index contributed by atoms with van der Waals surface area (Å²) in [7, 11) is -3.64. The van der Waals surface area contributed by atoms with Crippen LogP contribution in [0.2, 0.25) is 10.0 Å². The van der Waals surface area contributed by atoms with Gasteiger partial charge in [0.05, 0.1) is 9.92 Å². The van der Waals surface area contributed by atoms with E-state index >= 15 is 0 Å². The molecule has 0 radical (unpaired) electrons. The van der Waals surface area contributed by atoms with Crippen LogP contribution in [0.4, 0.5) is 0 Å². The zero-order chi connectivity index (χ0) is 15.7. The van der Waals surface area contributed by atoms with Crippen LogP contribution in [0.1, 0.15) is 0 Å². The number of benzene rings is 2. The fourth-order valence-electron chi connectivity index (χ4n) is 1.97. The SMILES string of the molecule is O=S(=O)(CNC1Oc2ccccc2O1)c1ccc(Cl)cc1Cl. The molecule has 5 nitrogen and oxygen atoms in total. The van der Waals surface area contributed by atoms with Crippen LogP contribution in [0.5, 0.6) is 11.5 Å². The van der Waals surface area contributed by atoms with Gasteiger partial charge in [-0.1, -0.05) is 35.3 Å². The molecule has 0 aliphatic carbocycles. The number of hydrogen-bond donors (Lipinski definition) is 1. The molecule has 0 fully saturated rings. The quantitative estimate of drug-likeness (QED) is 0.908. The summed E-state index contributed by atoms with van der Waals surface area (Å²) in [5.74, 6) is 0.733. The molecule has 0 spiro atoms. The number of hydrogen-bond acceptors (Lipinski definition) is 5. The van der Waals surface area contributed by atoms with Gasteiger partial charge in [0.1, 0.15) is 5.88 Å². The van der Waals surface area contributed by atoms with Gasteiger partial charge in [0.25, 0.3) is 0 Å². The van der Waals surface area contributed by atoms with E-state index in [-0.39, 0.29) is 15.8 Å². The van der Waals surface area contributed by atoms with Crippen LogP contribution in [0, 0.1) is 0 Å². The van der Waals surface area contributed by atoms with Gasteiger partial charge in [-0.15, -0.1) is 0 Å². The Hall–Kier alpha value is -1.47. The molecule has 0 saturated carbocycles. The van der Waals surface area contributed by atoms with Crippen LogP contribution in [0.15, 0.2) is 47.4 Å². The molecular formula is C14H11Cl2NO4S. The lowest BCUT2D eigenvalue weighted by atomic mass is 10.3. The molecule has 0 atom stereocenters. The minimum absolute atomic E-state index is 0.00146. The Bertz CT molecular complexity index is 785. The maximum Gasteiger partial charge on any atom is 0.303 e. The minimum atomic E-state index is -3.64. The monoisotopic (exact) mass is 359 g/mol. The van der Waals surface area contributed by atoms with Gasteiger partial charge in [-0.05, 0) is 30.3 Å². The van der Waals surface area contributed by atoms with E-state index in [1.54, 1.807) is 24.3 Å². The van der Waals surface area contributed by atoms with Gasteiger partial charge in [0.15, 0.2) is 21.3 Å². The van der Waals surface area contributed by atoms with Crippen LogP contribution in [0.3, 0.4) is 0 Å². The molecule has 0 saturated heterocycles. The first-order valence-electron chi connectivity index (χ1n) is 6.29. The van der Waals surface area contributed by atoms with E-state index in [2.05, 4.69) is 5.32 Å². The molecule has 1 aliphatic rings. The molecule has 0 amide bonds. The lowest BCUT2D eigenvalue weighted by molar-refractivity contribution is 0.0232. The topological polar surface area (TPSA) is 64.6 Å². The molecule has 2 aromatic rings. The summed E-state index contributed by atoms with van der Waals surface area (Å²) in [5, 5.41) is 3.13. The van der Waals surface area contributed by atoms with Crippen molar-refractivity contribution < 1.29 is 17.9 Å². The van der Waals surface area contributed by atoms with E-state index in [9.17, 15) is 8.42 Å². The summed E-state index contributed by atoms with van der Waals surface area (Å²) in [6.45, 7) is 0. The summed E-state index contributed by atoms with van der Waals surface area (Å²) < 4.78 is 35.5. The molecule has 1 heterocycles. The van der Waals surface area contributed by atoms with Crippen molar-refractivity contribution in [2.75, 3.05) is 5.88 Å². The standard InChI is InChI=1S/C14H11Cl2NO4S/c15-9-5-6-13(10(16)7-9)22(18,19)8-17-14-20-11-3-1-2-4-12(11)21-14/h1-7,14,17H,8H2. The summed E-state index contributed by atoms with van der Waals surface area (Å²) in [6, 6.07) is 11.3. The van der Waals surface area contributed by atoms with E-state index in [0.717, 1.165) is 0 Å². The van der Waals surface area contributed by atoms with Crippen molar-refractivity contribution in [3.8, 4) is 11.5 Å². The van der Waals surface area contributed by atoms with E-state index in [0.29, 0.717) is 16.5 Å². The first-order chi connectivity index (χ1) is 10.5. The number of para-hydroxylation sites is 2. The second-order valence-electron chi connectivity index (χ2n) is 4.55. The number of halogens is 2. The molecule has 1 aliphatic heterocycles. The molecule has 22 heavy (non-hydrogen) atoms. The van der Waals surface area contributed by atoms with Crippen LogP contribution in [0.25, 0.3) is 0 Å². The van der Waals surface area contributed by atoms with Gasteiger partial charge in [0.2, 0.25) is 0 Å². The second kappa shape index (κ2) is 5.96. The van der Waals surface area contributed by atoms with Gasteiger partial charge in [-0.25, -0.2) is 13.7 Å². The second-order valence-corrected chi connectivity index (χ2v) is 7.35. The fourth-order valence-corrected chi connectivity index (χ4v) is 3.87. The van der Waals surface area contributed by atoms with E-state index in [4.69, 9.17) is 32.7 Å². The highest BCUT2D eigenvalue weighted by molar-refractivity contribution is 7.91. The summed E-state index contributed by atoms with van der Waals surface area (Å²) in [6.07, 6.45) is -0.863. The zero-order valence-corrected chi connectivity index (χ0v) is 13.5. The van der Waals surface area contributed by atoms with Crippen molar-refractivity contribution in [3.63, 3.8) is 0 Å². The first-order valence-corrected chi connectivity index (χ1v) is 8.70. The molecule has 3 rings (SSSR count). The number of sulfone groups is 1. The van der Waals surface area contributed by atoms with Gasteiger partial charge < -0.3 is 9.47 Å². The van der Waals surface area contributed by atoms with Crippen LogP contribution < -0.4 is 14.8 Å². The fraction of sp³-hybridized carbons (Fsp3) is 0.143. The highest BCUT2D eigenvalue weighted by Gasteiger charge is 2.26. The van der Waals surface area contributed by atoms with Crippen molar-refractivity contribution in [1.29, 1.82) is 0 Å². The molecule has 8 heteroatoms. The predicted molar refractivity (Wildman–Crippen MR) is 83.1 cm³/mol. The lowest BCUT2D eigenvalue weighted by Crippen LogP contribution is -2.39. The highest BCUT2D eigenvalue weighted by Crippen LogP contribution is 2.33. The first kappa shape index (κ1) is 15.4. The van der Waals surface area contributed by atoms with Crippen molar-refractivity contribution in [2.45, 2.75) is 11.3 Å². The maximum absolute atomic E-state index is 12.3. The Balaban J connectivity index is 1.69. The summed E-state index contributed by atoms with van der Waals surface area (Å²) in [5.41, 5.74) is 0. The summed E-state index contributed by atoms with van der Waals surface area (Å²) >= 11 is 11.7. The van der Waals surface area contributed by atoms with E-state index in [1.165, 1.54) is 18.2 Å². The Morgan fingerprint density at radius 3 is 2.27 bits per heavy atom. The largest absolute Gasteiger partial charge is 0.438 e. The Morgan fingerprint density at radius 1 is 1.05 bits per heavy atom. The third kappa shape index (κ3) is 3.15. The van der Waals surface area contributed by atoms with Crippen molar-refractivity contribution in [1.82, 2.24) is 5.32 Å². The number of nitrogens with one attached hydrogen (secondary N) is 1. The molecule has 0 unspecified atom stereocenters. The Labute approximate surface area is 137 Å². The average Bonchev–Trinajstić information content (AvgIpc) is 2.87. The Morgan fingerprint density at radius 2 is 1.68 bits per heavy atom.